The van der Waals surface area contributed by atoms with Crippen LogP contribution in [0.4, 0.5) is 0 Å². The highest BCUT2D eigenvalue weighted by Gasteiger charge is 2.29. The summed E-state index contributed by atoms with van der Waals surface area (Å²) < 4.78 is 10.8. The zero-order valence-corrected chi connectivity index (χ0v) is 14.2. The number of rotatable bonds is 5. The average molecular weight is 324 g/mol. The third kappa shape index (κ3) is 3.72. The van der Waals surface area contributed by atoms with Crippen molar-refractivity contribution in [2.24, 2.45) is 5.41 Å². The minimum Gasteiger partial charge on any atom is -0.496 e. The topological polar surface area (TPSA) is 72.2 Å². The predicted octanol–water partition coefficient (Wildman–Crippen LogP) is 3.85. The number of aromatic nitrogens is 1. The molecule has 0 fully saturated rings. The Bertz CT molecular complexity index is 764. The lowest BCUT2D eigenvalue weighted by Gasteiger charge is -2.24. The van der Waals surface area contributed by atoms with Gasteiger partial charge in [-0.2, -0.15) is 5.26 Å². The molecule has 0 aliphatic heterocycles. The number of hydrogen-bond acceptors (Lipinski definition) is 5. The van der Waals surface area contributed by atoms with Crippen molar-refractivity contribution in [1.29, 1.82) is 5.26 Å². The lowest BCUT2D eigenvalue weighted by Crippen LogP contribution is -2.30. The van der Waals surface area contributed by atoms with E-state index in [0.29, 0.717) is 22.6 Å². The van der Waals surface area contributed by atoms with Gasteiger partial charge in [0.25, 0.3) is 0 Å². The SMILES string of the molecule is COc1ccc(C(=O)OC(C)C(C)(C)C#N)cc1-c1ccccn1. The lowest BCUT2D eigenvalue weighted by atomic mass is 9.89. The molecule has 0 radical (unpaired) electrons. The fraction of sp³-hybridized carbons (Fsp3) is 0.316. The monoisotopic (exact) mass is 324 g/mol. The molecule has 1 aromatic heterocycles. The molecule has 0 spiro atoms. The molecule has 0 aliphatic rings. The summed E-state index contributed by atoms with van der Waals surface area (Å²) in [6.45, 7) is 5.18. The molecule has 0 bridgehead atoms. The van der Waals surface area contributed by atoms with E-state index in [0.717, 1.165) is 0 Å². The molecule has 0 saturated carbocycles. The number of nitrogens with zero attached hydrogens (tertiary/aromatic N) is 2. The summed E-state index contributed by atoms with van der Waals surface area (Å²) in [5.74, 6) is 0.140. The van der Waals surface area contributed by atoms with Crippen molar-refractivity contribution < 1.29 is 14.3 Å². The molecule has 0 N–H and O–H groups in total. The first kappa shape index (κ1) is 17.5. The number of ether oxygens (including phenoxy) is 2. The van der Waals surface area contributed by atoms with Gasteiger partial charge in [0.05, 0.1) is 29.9 Å². The second-order valence-corrected chi connectivity index (χ2v) is 6.01. The number of benzene rings is 1. The van der Waals surface area contributed by atoms with E-state index in [4.69, 9.17) is 14.7 Å². The fourth-order valence-corrected chi connectivity index (χ4v) is 2.02. The predicted molar refractivity (Wildman–Crippen MR) is 90.5 cm³/mol. The first-order valence-electron chi connectivity index (χ1n) is 7.60. The Labute approximate surface area is 141 Å². The van der Waals surface area contributed by atoms with Crippen molar-refractivity contribution in [1.82, 2.24) is 4.98 Å². The second kappa shape index (κ2) is 7.14. The zero-order valence-electron chi connectivity index (χ0n) is 14.2. The Balaban J connectivity index is 2.32. The van der Waals surface area contributed by atoms with Gasteiger partial charge in [0.1, 0.15) is 11.9 Å². The highest BCUT2D eigenvalue weighted by molar-refractivity contribution is 5.92. The molecular weight excluding hydrogens is 304 g/mol. The molecule has 0 aliphatic carbocycles. The molecule has 5 nitrogen and oxygen atoms in total. The Morgan fingerprint density at radius 2 is 2.04 bits per heavy atom. The summed E-state index contributed by atoms with van der Waals surface area (Å²) in [5.41, 5.74) is 1.04. The minimum atomic E-state index is -0.758. The zero-order chi connectivity index (χ0) is 17.7. The van der Waals surface area contributed by atoms with E-state index in [2.05, 4.69) is 11.1 Å². The van der Waals surface area contributed by atoms with Gasteiger partial charge in [-0.25, -0.2) is 4.79 Å². The van der Waals surface area contributed by atoms with Crippen molar-refractivity contribution in [3.63, 3.8) is 0 Å². The lowest BCUT2D eigenvalue weighted by molar-refractivity contribution is 0.0129. The number of nitriles is 1. The Kier molecular flexibility index (Phi) is 5.20. The van der Waals surface area contributed by atoms with E-state index < -0.39 is 17.5 Å². The number of methoxy groups -OCH3 is 1. The van der Waals surface area contributed by atoms with E-state index in [-0.39, 0.29) is 0 Å². The summed E-state index contributed by atoms with van der Waals surface area (Å²) in [4.78, 5) is 16.7. The third-order valence-electron chi connectivity index (χ3n) is 3.96. The van der Waals surface area contributed by atoms with Crippen LogP contribution in [0.15, 0.2) is 42.6 Å². The number of pyridine rings is 1. The van der Waals surface area contributed by atoms with Crippen LogP contribution in [0.25, 0.3) is 11.3 Å². The van der Waals surface area contributed by atoms with Crippen molar-refractivity contribution in [2.45, 2.75) is 26.9 Å². The van der Waals surface area contributed by atoms with Crippen molar-refractivity contribution >= 4 is 5.97 Å². The maximum absolute atomic E-state index is 12.4. The fourth-order valence-electron chi connectivity index (χ4n) is 2.02. The van der Waals surface area contributed by atoms with Crippen molar-refractivity contribution in [3.05, 3.63) is 48.2 Å². The van der Waals surface area contributed by atoms with Crippen LogP contribution in [-0.2, 0) is 4.74 Å². The average Bonchev–Trinajstić information content (AvgIpc) is 2.61. The van der Waals surface area contributed by atoms with E-state index >= 15 is 0 Å². The largest absolute Gasteiger partial charge is 0.496 e. The molecule has 1 heterocycles. The Morgan fingerprint density at radius 1 is 1.29 bits per heavy atom. The summed E-state index contributed by atoms with van der Waals surface area (Å²) in [5, 5.41) is 9.14. The van der Waals surface area contributed by atoms with Crippen LogP contribution in [0.2, 0.25) is 0 Å². The number of hydrogen-bond donors (Lipinski definition) is 0. The molecule has 1 unspecified atom stereocenters. The van der Waals surface area contributed by atoms with E-state index in [1.807, 2.05) is 18.2 Å². The van der Waals surface area contributed by atoms with Crippen LogP contribution in [0.1, 0.15) is 31.1 Å². The molecule has 124 valence electrons. The van der Waals surface area contributed by atoms with Crippen LogP contribution in [0.3, 0.4) is 0 Å². The molecule has 2 aromatic rings. The minimum absolute atomic E-state index is 0.386. The maximum atomic E-state index is 12.4. The molecule has 0 amide bonds. The summed E-state index contributed by atoms with van der Waals surface area (Å²) in [6.07, 6.45) is 1.15. The van der Waals surface area contributed by atoms with Gasteiger partial charge < -0.3 is 9.47 Å². The highest BCUT2D eigenvalue weighted by atomic mass is 16.5. The molecule has 24 heavy (non-hydrogen) atoms. The number of esters is 1. The van der Waals surface area contributed by atoms with Crippen LogP contribution in [-0.4, -0.2) is 24.2 Å². The Morgan fingerprint density at radius 3 is 2.62 bits per heavy atom. The smallest absolute Gasteiger partial charge is 0.338 e. The molecule has 0 saturated heterocycles. The normalized spacial score (nSPS) is 12.1. The first-order valence-corrected chi connectivity index (χ1v) is 7.60. The molecule has 5 heteroatoms. The van der Waals surface area contributed by atoms with Crippen LogP contribution < -0.4 is 4.74 Å². The van der Waals surface area contributed by atoms with Crippen LogP contribution >= 0.6 is 0 Å². The standard InChI is InChI=1S/C19H20N2O3/c1-13(19(2,3)12-20)24-18(22)14-8-9-17(23-4)15(11-14)16-7-5-6-10-21-16/h5-11,13H,1-4H3. The quantitative estimate of drug-likeness (QED) is 0.781. The molecule has 1 atom stereocenters. The molecule has 2 rings (SSSR count). The molecule has 1 aromatic carbocycles. The highest BCUT2D eigenvalue weighted by Crippen LogP contribution is 2.30. The summed E-state index contributed by atoms with van der Waals surface area (Å²) in [7, 11) is 1.57. The number of carbonyl (C=O) groups is 1. The van der Waals surface area contributed by atoms with Crippen molar-refractivity contribution in [3.8, 4) is 23.1 Å². The van der Waals surface area contributed by atoms with Gasteiger partial charge in [-0.1, -0.05) is 6.07 Å². The van der Waals surface area contributed by atoms with Crippen LogP contribution in [0.5, 0.6) is 5.75 Å². The molecular formula is C19H20N2O3. The van der Waals surface area contributed by atoms with Gasteiger partial charge in [-0.3, -0.25) is 4.98 Å². The van der Waals surface area contributed by atoms with Gasteiger partial charge in [0, 0.05) is 11.8 Å². The summed E-state index contributed by atoms with van der Waals surface area (Å²) in [6, 6.07) is 12.7. The summed E-state index contributed by atoms with van der Waals surface area (Å²) >= 11 is 0. The van der Waals surface area contributed by atoms with Crippen LogP contribution in [0, 0.1) is 16.7 Å². The van der Waals surface area contributed by atoms with E-state index in [9.17, 15) is 4.79 Å². The number of carbonyl (C=O) groups excluding carboxylic acids is 1. The van der Waals surface area contributed by atoms with Gasteiger partial charge in [-0.05, 0) is 51.1 Å². The van der Waals surface area contributed by atoms with Gasteiger partial charge in [-0.15, -0.1) is 0 Å². The second-order valence-electron chi connectivity index (χ2n) is 6.01. The van der Waals surface area contributed by atoms with E-state index in [1.54, 1.807) is 52.3 Å². The maximum Gasteiger partial charge on any atom is 0.338 e. The van der Waals surface area contributed by atoms with Gasteiger partial charge >= 0.3 is 5.97 Å². The Hall–Kier alpha value is -2.87. The van der Waals surface area contributed by atoms with Gasteiger partial charge in [0.2, 0.25) is 0 Å². The first-order chi connectivity index (χ1) is 11.4. The van der Waals surface area contributed by atoms with Crippen molar-refractivity contribution in [2.75, 3.05) is 7.11 Å². The van der Waals surface area contributed by atoms with Gasteiger partial charge in [0.15, 0.2) is 0 Å². The third-order valence-corrected chi connectivity index (χ3v) is 3.96. The van der Waals surface area contributed by atoms with E-state index in [1.165, 1.54) is 0 Å².